The maximum atomic E-state index is 12.2. The van der Waals surface area contributed by atoms with Crippen molar-refractivity contribution in [3.8, 4) is 0 Å². The zero-order valence-electron chi connectivity index (χ0n) is 11.7. The Kier molecular flexibility index (Phi) is 3.98. The average Bonchev–Trinajstić information content (AvgIpc) is 2.43. The van der Waals surface area contributed by atoms with Gasteiger partial charge in [-0.15, -0.1) is 0 Å². The summed E-state index contributed by atoms with van der Waals surface area (Å²) >= 11 is 0. The van der Waals surface area contributed by atoms with Crippen LogP contribution >= 0.6 is 0 Å². The van der Waals surface area contributed by atoms with Gasteiger partial charge in [0.2, 0.25) is 0 Å². The zero-order chi connectivity index (χ0) is 15.6. The summed E-state index contributed by atoms with van der Waals surface area (Å²) in [5.74, 6) is -0.263. The zero-order valence-corrected chi connectivity index (χ0v) is 11.7. The van der Waals surface area contributed by atoms with Crippen molar-refractivity contribution in [3.05, 3.63) is 73.7 Å². The Morgan fingerprint density at radius 2 is 1.95 bits per heavy atom. The second kappa shape index (κ2) is 5.70. The third-order valence-corrected chi connectivity index (χ3v) is 3.34. The molecule has 0 aliphatic heterocycles. The first-order valence-corrected chi connectivity index (χ1v) is 6.34. The monoisotopic (exact) mass is 286 g/mol. The van der Waals surface area contributed by atoms with Crippen LogP contribution in [0.2, 0.25) is 0 Å². The van der Waals surface area contributed by atoms with Gasteiger partial charge in [0.1, 0.15) is 0 Å². The molecule has 6 nitrogen and oxygen atoms in total. The molecule has 21 heavy (non-hydrogen) atoms. The van der Waals surface area contributed by atoms with E-state index < -0.39 is 16.2 Å². The number of nitro groups is 1. The molecule has 0 saturated heterocycles. The van der Waals surface area contributed by atoms with Crippen LogP contribution in [0.25, 0.3) is 0 Å². The molecule has 0 spiro atoms. The molecule has 0 aliphatic carbocycles. The molecule has 108 valence electrons. The van der Waals surface area contributed by atoms with Crippen molar-refractivity contribution in [3.63, 3.8) is 0 Å². The molecule has 1 aromatic carbocycles. The number of nitrogens with zero attached hydrogens (tertiary/aromatic N) is 2. The number of aryl methyl sites for hydroxylation is 2. The van der Waals surface area contributed by atoms with Crippen LogP contribution in [-0.4, -0.2) is 15.3 Å². The number of ketones is 1. The maximum Gasteiger partial charge on any atom is 0.334 e. The lowest BCUT2D eigenvalue weighted by atomic mass is 10.0. The summed E-state index contributed by atoms with van der Waals surface area (Å²) in [6.45, 7) is 3.61. The molecule has 0 saturated carbocycles. The molecule has 0 atom stereocenters. The Hall–Kier alpha value is -2.76. The predicted octanol–water partition coefficient (Wildman–Crippen LogP) is 2.26. The maximum absolute atomic E-state index is 12.2. The second-order valence-corrected chi connectivity index (χ2v) is 4.81. The van der Waals surface area contributed by atoms with Crippen LogP contribution in [0.5, 0.6) is 0 Å². The largest absolute Gasteiger partial charge is 0.334 e. The first kappa shape index (κ1) is 14.6. The van der Waals surface area contributed by atoms with E-state index in [1.54, 1.807) is 12.1 Å². The molecule has 6 heteroatoms. The van der Waals surface area contributed by atoms with E-state index in [9.17, 15) is 19.7 Å². The Morgan fingerprint density at radius 3 is 2.57 bits per heavy atom. The number of hydrogen-bond donors (Lipinski definition) is 0. The summed E-state index contributed by atoms with van der Waals surface area (Å²) in [5.41, 5.74) is 1.22. The van der Waals surface area contributed by atoms with Gasteiger partial charge in [0.05, 0.1) is 11.5 Å². The Balaban J connectivity index is 2.32. The van der Waals surface area contributed by atoms with Crippen molar-refractivity contribution in [2.24, 2.45) is 0 Å². The number of Topliss-reactive ketones (excluding diaryl/α,β-unsaturated/α-hetero) is 1. The summed E-state index contributed by atoms with van der Waals surface area (Å²) in [6.07, 6.45) is 1.37. The number of pyridine rings is 1. The lowest BCUT2D eigenvalue weighted by Crippen LogP contribution is -2.25. The topological polar surface area (TPSA) is 82.2 Å². The molecular formula is C15H14N2O4. The van der Waals surface area contributed by atoms with Crippen molar-refractivity contribution >= 4 is 11.5 Å². The fraction of sp³-hybridized carbons (Fsp3) is 0.200. The van der Waals surface area contributed by atoms with Crippen molar-refractivity contribution in [1.82, 2.24) is 4.57 Å². The molecule has 0 amide bonds. The molecule has 2 rings (SSSR count). The van der Waals surface area contributed by atoms with Gasteiger partial charge in [0.25, 0.3) is 0 Å². The molecule has 0 unspecified atom stereocenters. The molecular weight excluding hydrogens is 272 g/mol. The van der Waals surface area contributed by atoms with E-state index in [1.807, 2.05) is 19.9 Å². The van der Waals surface area contributed by atoms with Crippen LogP contribution < -0.4 is 5.56 Å². The third-order valence-electron chi connectivity index (χ3n) is 3.34. The van der Waals surface area contributed by atoms with Crippen LogP contribution in [0, 0.1) is 24.0 Å². The van der Waals surface area contributed by atoms with E-state index >= 15 is 0 Å². The van der Waals surface area contributed by atoms with E-state index in [-0.39, 0.29) is 12.3 Å². The highest BCUT2D eigenvalue weighted by Gasteiger charge is 2.16. The highest BCUT2D eigenvalue weighted by atomic mass is 16.6. The minimum Gasteiger partial charge on any atom is -0.302 e. The summed E-state index contributed by atoms with van der Waals surface area (Å²) in [6, 6.07) is 7.78. The first-order valence-electron chi connectivity index (χ1n) is 6.34. The van der Waals surface area contributed by atoms with Gasteiger partial charge in [-0.1, -0.05) is 12.1 Å². The Labute approximate surface area is 120 Å². The lowest BCUT2D eigenvalue weighted by molar-refractivity contribution is -0.386. The second-order valence-electron chi connectivity index (χ2n) is 4.81. The molecule has 0 fully saturated rings. The van der Waals surface area contributed by atoms with Gasteiger partial charge in [0, 0.05) is 17.8 Å². The van der Waals surface area contributed by atoms with Crippen LogP contribution in [0.1, 0.15) is 21.5 Å². The predicted molar refractivity (Wildman–Crippen MR) is 77.6 cm³/mol. The normalized spacial score (nSPS) is 10.4. The summed E-state index contributed by atoms with van der Waals surface area (Å²) in [5, 5.41) is 10.7. The van der Waals surface area contributed by atoms with Gasteiger partial charge in [-0.25, -0.2) is 0 Å². The molecule has 0 N–H and O–H groups in total. The Morgan fingerprint density at radius 1 is 1.24 bits per heavy atom. The summed E-state index contributed by atoms with van der Waals surface area (Å²) in [4.78, 5) is 34.0. The number of carbonyl (C=O) groups excluding carboxylic acids is 1. The fourth-order valence-corrected chi connectivity index (χ4v) is 1.95. The quantitative estimate of drug-likeness (QED) is 0.490. The number of hydrogen-bond acceptors (Lipinski definition) is 4. The van der Waals surface area contributed by atoms with E-state index in [4.69, 9.17) is 0 Å². The smallest absolute Gasteiger partial charge is 0.302 e. The van der Waals surface area contributed by atoms with Gasteiger partial charge in [-0.05, 0) is 37.1 Å². The molecule has 0 bridgehead atoms. The first-order chi connectivity index (χ1) is 9.90. The number of benzene rings is 1. The van der Waals surface area contributed by atoms with E-state index in [1.165, 1.54) is 12.3 Å². The van der Waals surface area contributed by atoms with E-state index in [2.05, 4.69) is 0 Å². The number of rotatable bonds is 4. The minimum absolute atomic E-state index is 0.219. The van der Waals surface area contributed by atoms with Gasteiger partial charge in [-0.2, -0.15) is 0 Å². The van der Waals surface area contributed by atoms with Crippen molar-refractivity contribution in [2.75, 3.05) is 0 Å². The van der Waals surface area contributed by atoms with Gasteiger partial charge in [0.15, 0.2) is 5.78 Å². The van der Waals surface area contributed by atoms with E-state index in [0.717, 1.165) is 21.8 Å². The molecule has 0 radical (unpaired) electrons. The summed E-state index contributed by atoms with van der Waals surface area (Å²) in [7, 11) is 0. The average molecular weight is 286 g/mol. The molecule has 0 aliphatic rings. The molecule has 1 heterocycles. The SMILES string of the molecule is Cc1ccc(C(=O)Cn2cccc([N+](=O)[O-])c2=O)cc1C. The standard InChI is InChI=1S/C15H14N2O4/c1-10-5-6-12(8-11(10)2)14(18)9-16-7-3-4-13(15(16)19)17(20)21/h3-8H,9H2,1-2H3. The highest BCUT2D eigenvalue weighted by molar-refractivity contribution is 5.96. The number of carbonyl (C=O) groups is 1. The van der Waals surface area contributed by atoms with Crippen LogP contribution in [0.15, 0.2) is 41.3 Å². The third kappa shape index (κ3) is 3.05. The molecule has 2 aromatic rings. The number of aromatic nitrogens is 1. The van der Waals surface area contributed by atoms with Crippen LogP contribution in [-0.2, 0) is 6.54 Å². The van der Waals surface area contributed by atoms with Gasteiger partial charge >= 0.3 is 11.2 Å². The summed E-state index contributed by atoms with van der Waals surface area (Å²) < 4.78 is 1.05. The van der Waals surface area contributed by atoms with Crippen molar-refractivity contribution in [1.29, 1.82) is 0 Å². The van der Waals surface area contributed by atoms with Gasteiger partial charge < -0.3 is 4.57 Å². The molecule has 1 aromatic heterocycles. The van der Waals surface area contributed by atoms with Crippen LogP contribution in [0.4, 0.5) is 5.69 Å². The Bertz CT molecular complexity index is 777. The fourth-order valence-electron chi connectivity index (χ4n) is 1.95. The highest BCUT2D eigenvalue weighted by Crippen LogP contribution is 2.11. The lowest BCUT2D eigenvalue weighted by Gasteiger charge is -2.06. The van der Waals surface area contributed by atoms with Crippen molar-refractivity contribution < 1.29 is 9.72 Å². The van der Waals surface area contributed by atoms with Crippen LogP contribution in [0.3, 0.4) is 0 Å². The van der Waals surface area contributed by atoms with Gasteiger partial charge in [-0.3, -0.25) is 19.7 Å². The van der Waals surface area contributed by atoms with E-state index in [0.29, 0.717) is 5.56 Å². The minimum atomic E-state index is -0.778. The van der Waals surface area contributed by atoms with Crippen molar-refractivity contribution in [2.45, 2.75) is 20.4 Å².